The van der Waals surface area contributed by atoms with E-state index in [1.807, 2.05) is 30.3 Å². The maximum absolute atomic E-state index is 14.9. The summed E-state index contributed by atoms with van der Waals surface area (Å²) in [6, 6.07) is 25.9. The molecule has 50 heavy (non-hydrogen) atoms. The second kappa shape index (κ2) is 17.1. The number of halogens is 2. The molecule has 5 rings (SSSR count). The largest absolute Gasteiger partial charge is 0.497 e. The number of hydrogen-bond donors (Lipinski definition) is 1. The molecule has 0 radical (unpaired) electrons. The number of carbonyl (C=O) groups excluding carboxylic acids is 2. The summed E-state index contributed by atoms with van der Waals surface area (Å²) in [5.74, 6) is -0.378. The summed E-state index contributed by atoms with van der Waals surface area (Å²) in [7, 11) is -1.47. The zero-order valence-corrected chi connectivity index (χ0v) is 30.4. The van der Waals surface area contributed by atoms with Gasteiger partial charge in [-0.1, -0.05) is 97.1 Å². The first-order chi connectivity index (χ1) is 24.1. The number of carbonyl (C=O) groups is 2. The molecular weight excluding hydrogens is 697 g/mol. The molecule has 9 nitrogen and oxygen atoms in total. The molecular formula is C38H41Cl2N3O6S. The van der Waals surface area contributed by atoms with Crippen LogP contribution in [0.1, 0.15) is 43.2 Å². The Morgan fingerprint density at radius 1 is 0.860 bits per heavy atom. The topological polar surface area (TPSA) is 105 Å². The van der Waals surface area contributed by atoms with Crippen LogP contribution in [0.15, 0.2) is 102 Å². The molecule has 1 aliphatic rings. The maximum Gasteiger partial charge on any atom is 0.264 e. The zero-order chi connectivity index (χ0) is 35.7. The van der Waals surface area contributed by atoms with Gasteiger partial charge in [-0.2, -0.15) is 0 Å². The highest BCUT2D eigenvalue weighted by molar-refractivity contribution is 7.92. The smallest absolute Gasteiger partial charge is 0.264 e. The predicted octanol–water partition coefficient (Wildman–Crippen LogP) is 7.29. The number of ether oxygens (including phenoxy) is 2. The van der Waals surface area contributed by atoms with Crippen LogP contribution in [-0.2, 0) is 32.6 Å². The first-order valence-corrected chi connectivity index (χ1v) is 18.7. The summed E-state index contributed by atoms with van der Waals surface area (Å²) in [6.07, 6.45) is 5.00. The molecule has 12 heteroatoms. The van der Waals surface area contributed by atoms with Gasteiger partial charge in [0.15, 0.2) is 0 Å². The van der Waals surface area contributed by atoms with Crippen LogP contribution < -0.4 is 19.1 Å². The minimum absolute atomic E-state index is 0.0263. The Morgan fingerprint density at radius 3 is 2.18 bits per heavy atom. The van der Waals surface area contributed by atoms with Crippen LogP contribution in [0.2, 0.25) is 10.0 Å². The number of nitrogens with one attached hydrogen (secondary N) is 1. The van der Waals surface area contributed by atoms with E-state index < -0.39 is 28.5 Å². The van der Waals surface area contributed by atoms with Crippen molar-refractivity contribution in [3.63, 3.8) is 0 Å². The monoisotopic (exact) mass is 737 g/mol. The number of amides is 2. The molecule has 0 heterocycles. The van der Waals surface area contributed by atoms with Gasteiger partial charge in [-0.15, -0.1) is 0 Å². The number of nitrogens with zero attached hydrogens (tertiary/aromatic N) is 2. The van der Waals surface area contributed by atoms with Gasteiger partial charge in [0.25, 0.3) is 10.0 Å². The number of rotatable bonds is 14. The van der Waals surface area contributed by atoms with Gasteiger partial charge < -0.3 is 19.7 Å². The maximum atomic E-state index is 14.9. The molecule has 0 spiro atoms. The average Bonchev–Trinajstić information content (AvgIpc) is 3.13. The van der Waals surface area contributed by atoms with E-state index in [9.17, 15) is 18.0 Å². The van der Waals surface area contributed by atoms with Crippen LogP contribution in [0.3, 0.4) is 0 Å². The Morgan fingerprint density at radius 2 is 1.54 bits per heavy atom. The molecule has 0 aromatic heterocycles. The minimum atomic E-state index is -4.35. The van der Waals surface area contributed by atoms with Crippen molar-refractivity contribution in [3.05, 3.63) is 118 Å². The first-order valence-electron chi connectivity index (χ1n) is 16.5. The van der Waals surface area contributed by atoms with Gasteiger partial charge in [0.2, 0.25) is 11.8 Å². The van der Waals surface area contributed by atoms with E-state index in [1.54, 1.807) is 48.5 Å². The zero-order valence-electron chi connectivity index (χ0n) is 28.1. The SMILES string of the molecule is COc1ccc(OC)c(N(CC(=O)N(Cc2ccc(Cl)cc2Cl)[C@@H](Cc2ccccc2)C(=O)NC2CCCCC2)S(=O)(=O)c2ccccc2)c1. The molecule has 1 fully saturated rings. The molecule has 0 unspecified atom stereocenters. The van der Waals surface area contributed by atoms with Crippen LogP contribution in [0.4, 0.5) is 5.69 Å². The van der Waals surface area contributed by atoms with E-state index in [4.69, 9.17) is 32.7 Å². The molecule has 1 saturated carbocycles. The molecule has 0 bridgehead atoms. The molecule has 4 aromatic rings. The van der Waals surface area contributed by atoms with Gasteiger partial charge in [0.05, 0.1) is 24.8 Å². The number of benzene rings is 4. The first kappa shape index (κ1) is 37.0. The Labute approximate surface area is 304 Å². The third-order valence-electron chi connectivity index (χ3n) is 8.84. The Bertz CT molecular complexity index is 1870. The standard InChI is InChI=1S/C38H41Cl2N3O6S/c1-48-31-20-21-36(49-2)34(24-31)43(50(46,47)32-16-10-5-11-17-32)26-37(44)42(25-28-18-19-29(39)23-33(28)40)35(22-27-12-6-3-7-13-27)38(45)41-30-14-8-4-9-15-30/h3,5-7,10-13,16-21,23-24,30,35H,4,8-9,14-15,22,25-26H2,1-2H3,(H,41,45)/t35-/m0/s1. The normalized spacial score (nSPS) is 14.0. The molecule has 4 aromatic carbocycles. The van der Waals surface area contributed by atoms with Crippen molar-refractivity contribution >= 4 is 50.7 Å². The van der Waals surface area contributed by atoms with Gasteiger partial charge in [-0.05, 0) is 60.4 Å². The summed E-state index contributed by atoms with van der Waals surface area (Å²) >= 11 is 12.9. The van der Waals surface area contributed by atoms with Crippen molar-refractivity contribution in [1.82, 2.24) is 10.2 Å². The highest BCUT2D eigenvalue weighted by Gasteiger charge is 2.36. The van der Waals surface area contributed by atoms with Crippen LogP contribution in [-0.4, -0.2) is 58.0 Å². The van der Waals surface area contributed by atoms with E-state index in [0.717, 1.165) is 42.0 Å². The summed E-state index contributed by atoms with van der Waals surface area (Å²) < 4.78 is 40.8. The molecule has 0 aliphatic heterocycles. The quantitative estimate of drug-likeness (QED) is 0.146. The average molecular weight is 739 g/mol. The summed E-state index contributed by atoms with van der Waals surface area (Å²) in [6.45, 7) is -0.743. The van der Waals surface area contributed by atoms with Gasteiger partial charge in [0.1, 0.15) is 24.1 Å². The highest BCUT2D eigenvalue weighted by Crippen LogP contribution is 2.36. The lowest BCUT2D eigenvalue weighted by atomic mass is 9.94. The van der Waals surface area contributed by atoms with Crippen LogP contribution >= 0.6 is 23.2 Å². The predicted molar refractivity (Wildman–Crippen MR) is 196 cm³/mol. The van der Waals surface area contributed by atoms with Gasteiger partial charge in [0, 0.05) is 35.1 Å². The fourth-order valence-corrected chi connectivity index (χ4v) is 8.06. The third kappa shape index (κ3) is 9.10. The second-order valence-corrected chi connectivity index (χ2v) is 14.9. The van der Waals surface area contributed by atoms with E-state index in [1.165, 1.54) is 37.3 Å². The second-order valence-electron chi connectivity index (χ2n) is 12.2. The summed E-state index contributed by atoms with van der Waals surface area (Å²) in [5, 5.41) is 3.93. The molecule has 2 amide bonds. The van der Waals surface area contributed by atoms with Gasteiger partial charge in [-0.3, -0.25) is 13.9 Å². The van der Waals surface area contributed by atoms with Crippen molar-refractivity contribution in [3.8, 4) is 11.5 Å². The van der Waals surface area contributed by atoms with Crippen LogP contribution in [0.25, 0.3) is 0 Å². The van der Waals surface area contributed by atoms with Crippen molar-refractivity contribution in [2.24, 2.45) is 0 Å². The number of sulfonamides is 1. The molecule has 264 valence electrons. The number of hydrogen-bond acceptors (Lipinski definition) is 6. The lowest BCUT2D eigenvalue weighted by Crippen LogP contribution is -2.55. The van der Waals surface area contributed by atoms with Crippen molar-refractivity contribution in [2.75, 3.05) is 25.1 Å². The van der Waals surface area contributed by atoms with E-state index in [-0.39, 0.29) is 41.2 Å². The molecule has 1 aliphatic carbocycles. The number of methoxy groups -OCH3 is 2. The Kier molecular flexibility index (Phi) is 12.7. The molecule has 0 saturated heterocycles. The fourth-order valence-electron chi connectivity index (χ4n) is 6.16. The Balaban J connectivity index is 1.62. The molecule has 1 N–H and O–H groups in total. The molecule has 1 atom stereocenters. The van der Waals surface area contributed by atoms with Gasteiger partial charge >= 0.3 is 0 Å². The minimum Gasteiger partial charge on any atom is -0.497 e. The van der Waals surface area contributed by atoms with Crippen molar-refractivity contribution < 1.29 is 27.5 Å². The highest BCUT2D eigenvalue weighted by atomic mass is 35.5. The lowest BCUT2D eigenvalue weighted by molar-refractivity contribution is -0.140. The number of anilines is 1. The fraction of sp³-hybridized carbons (Fsp3) is 0.316. The Hall–Kier alpha value is -4.25. The lowest BCUT2D eigenvalue weighted by Gasteiger charge is -2.35. The van der Waals surface area contributed by atoms with Gasteiger partial charge in [-0.25, -0.2) is 8.42 Å². The van der Waals surface area contributed by atoms with E-state index in [0.29, 0.717) is 21.4 Å². The summed E-state index contributed by atoms with van der Waals surface area (Å²) in [5.41, 5.74) is 1.48. The van der Waals surface area contributed by atoms with E-state index in [2.05, 4.69) is 5.32 Å². The summed E-state index contributed by atoms with van der Waals surface area (Å²) in [4.78, 5) is 30.6. The van der Waals surface area contributed by atoms with Crippen LogP contribution in [0, 0.1) is 0 Å². The van der Waals surface area contributed by atoms with Crippen molar-refractivity contribution in [2.45, 2.75) is 62.0 Å². The third-order valence-corrected chi connectivity index (χ3v) is 11.2. The van der Waals surface area contributed by atoms with Crippen LogP contribution in [0.5, 0.6) is 11.5 Å². The van der Waals surface area contributed by atoms with E-state index >= 15 is 0 Å². The van der Waals surface area contributed by atoms with Crippen molar-refractivity contribution in [1.29, 1.82) is 0 Å².